The Morgan fingerprint density at radius 1 is 1.05 bits per heavy atom. The second-order valence-corrected chi connectivity index (χ2v) is 8.45. The van der Waals surface area contributed by atoms with E-state index in [1.807, 2.05) is 0 Å². The molecule has 0 aromatic heterocycles. The van der Waals surface area contributed by atoms with Crippen molar-refractivity contribution in [1.82, 2.24) is 5.32 Å². The van der Waals surface area contributed by atoms with E-state index < -0.39 is 0 Å². The van der Waals surface area contributed by atoms with Crippen LogP contribution in [-0.2, 0) is 4.74 Å². The van der Waals surface area contributed by atoms with Crippen molar-refractivity contribution in [3.05, 3.63) is 0 Å². The second kappa shape index (κ2) is 6.58. The van der Waals surface area contributed by atoms with Crippen molar-refractivity contribution in [2.24, 2.45) is 16.7 Å². The summed E-state index contributed by atoms with van der Waals surface area (Å²) in [6.45, 7) is 15.2. The Kier molecular flexibility index (Phi) is 5.41. The van der Waals surface area contributed by atoms with Crippen molar-refractivity contribution in [2.75, 3.05) is 6.54 Å². The van der Waals surface area contributed by atoms with Crippen LogP contribution in [0.1, 0.15) is 80.1 Å². The molecule has 0 heterocycles. The third-order valence-corrected chi connectivity index (χ3v) is 6.26. The quantitative estimate of drug-likeness (QED) is 0.762. The smallest absolute Gasteiger partial charge is 0.0664 e. The molecule has 2 nitrogen and oxygen atoms in total. The van der Waals surface area contributed by atoms with Crippen LogP contribution >= 0.6 is 0 Å². The van der Waals surface area contributed by atoms with E-state index in [9.17, 15) is 0 Å². The van der Waals surface area contributed by atoms with Crippen LogP contribution in [0.15, 0.2) is 0 Å². The average Bonchev–Trinajstić information content (AvgIpc) is 2.36. The predicted molar refractivity (Wildman–Crippen MR) is 90.6 cm³/mol. The average molecular weight is 296 g/mol. The summed E-state index contributed by atoms with van der Waals surface area (Å²) in [6.07, 6.45) is 8.48. The Morgan fingerprint density at radius 2 is 1.71 bits per heavy atom. The topological polar surface area (TPSA) is 21.3 Å². The minimum Gasteiger partial charge on any atom is -0.374 e. The highest BCUT2D eigenvalue weighted by Crippen LogP contribution is 2.51. The molecular formula is C19H37NO. The molecular weight excluding hydrogens is 258 g/mol. The molecule has 0 bridgehead atoms. The lowest BCUT2D eigenvalue weighted by Gasteiger charge is -2.57. The summed E-state index contributed by atoms with van der Waals surface area (Å²) >= 11 is 0. The fourth-order valence-electron chi connectivity index (χ4n) is 5.26. The molecule has 0 saturated heterocycles. The molecule has 2 aliphatic carbocycles. The monoisotopic (exact) mass is 295 g/mol. The van der Waals surface area contributed by atoms with E-state index in [4.69, 9.17) is 4.74 Å². The number of hydrogen-bond donors (Lipinski definition) is 1. The zero-order chi connectivity index (χ0) is 15.7. The zero-order valence-electron chi connectivity index (χ0n) is 15.2. The zero-order valence-corrected chi connectivity index (χ0v) is 15.2. The van der Waals surface area contributed by atoms with Gasteiger partial charge in [0.1, 0.15) is 0 Å². The van der Waals surface area contributed by atoms with Crippen molar-refractivity contribution in [3.8, 4) is 0 Å². The summed E-state index contributed by atoms with van der Waals surface area (Å²) in [4.78, 5) is 0. The van der Waals surface area contributed by atoms with Crippen LogP contribution < -0.4 is 5.32 Å². The number of ether oxygens (including phenoxy) is 1. The van der Waals surface area contributed by atoms with Gasteiger partial charge in [-0.2, -0.15) is 0 Å². The molecule has 0 spiro atoms. The summed E-state index contributed by atoms with van der Waals surface area (Å²) in [6, 6.07) is 0.663. The molecule has 4 unspecified atom stereocenters. The molecule has 4 atom stereocenters. The van der Waals surface area contributed by atoms with Crippen molar-refractivity contribution >= 4 is 0 Å². The number of nitrogens with one attached hydrogen (secondary N) is 1. The van der Waals surface area contributed by atoms with E-state index in [0.29, 0.717) is 29.1 Å². The van der Waals surface area contributed by atoms with Crippen LogP contribution in [0.4, 0.5) is 0 Å². The predicted octanol–water partition coefficient (Wildman–Crippen LogP) is 4.77. The van der Waals surface area contributed by atoms with E-state index >= 15 is 0 Å². The van der Waals surface area contributed by atoms with Gasteiger partial charge in [-0.15, -0.1) is 0 Å². The first-order valence-corrected chi connectivity index (χ1v) is 9.25. The summed E-state index contributed by atoms with van der Waals surface area (Å²) in [7, 11) is 0. The Bertz CT molecular complexity index is 334. The van der Waals surface area contributed by atoms with Crippen molar-refractivity contribution in [2.45, 2.75) is 98.3 Å². The van der Waals surface area contributed by atoms with Gasteiger partial charge in [-0.1, -0.05) is 41.5 Å². The fraction of sp³-hybridized carbons (Fsp3) is 1.00. The molecule has 124 valence electrons. The lowest BCUT2D eigenvalue weighted by molar-refractivity contribution is -0.182. The van der Waals surface area contributed by atoms with Gasteiger partial charge in [-0.25, -0.2) is 0 Å². The lowest BCUT2D eigenvalue weighted by Crippen LogP contribution is -2.64. The molecule has 0 aliphatic heterocycles. The standard InChI is InChI=1S/C19H37NO/c1-7-19(8-2)16(20-9-3)11-17(19)21-15-10-14(4)12-18(5,6)13-15/h14-17,20H,7-13H2,1-6H3. The van der Waals surface area contributed by atoms with Gasteiger partial charge in [0, 0.05) is 11.5 Å². The van der Waals surface area contributed by atoms with Crippen LogP contribution in [0.2, 0.25) is 0 Å². The van der Waals surface area contributed by atoms with Gasteiger partial charge in [-0.05, 0) is 56.4 Å². The highest BCUT2D eigenvalue weighted by molar-refractivity contribution is 5.07. The lowest BCUT2D eigenvalue weighted by atomic mass is 9.58. The highest BCUT2D eigenvalue weighted by atomic mass is 16.5. The van der Waals surface area contributed by atoms with Crippen molar-refractivity contribution in [1.29, 1.82) is 0 Å². The van der Waals surface area contributed by atoms with Gasteiger partial charge in [0.2, 0.25) is 0 Å². The summed E-state index contributed by atoms with van der Waals surface area (Å²) in [5.74, 6) is 0.807. The molecule has 2 aliphatic rings. The molecule has 21 heavy (non-hydrogen) atoms. The Balaban J connectivity index is 1.99. The van der Waals surface area contributed by atoms with Gasteiger partial charge in [0.05, 0.1) is 12.2 Å². The molecule has 2 saturated carbocycles. The first kappa shape index (κ1) is 17.3. The molecule has 2 heteroatoms. The molecule has 2 fully saturated rings. The van der Waals surface area contributed by atoms with Crippen LogP contribution in [0.3, 0.4) is 0 Å². The maximum absolute atomic E-state index is 6.67. The molecule has 1 N–H and O–H groups in total. The number of hydrogen-bond acceptors (Lipinski definition) is 2. The fourth-order valence-corrected chi connectivity index (χ4v) is 5.26. The van der Waals surface area contributed by atoms with Gasteiger partial charge in [0.15, 0.2) is 0 Å². The molecule has 0 amide bonds. The minimum absolute atomic E-state index is 0.376. The third kappa shape index (κ3) is 3.47. The van der Waals surface area contributed by atoms with Gasteiger partial charge >= 0.3 is 0 Å². The third-order valence-electron chi connectivity index (χ3n) is 6.26. The van der Waals surface area contributed by atoms with Crippen LogP contribution in [0.5, 0.6) is 0 Å². The van der Waals surface area contributed by atoms with E-state index in [0.717, 1.165) is 12.5 Å². The summed E-state index contributed by atoms with van der Waals surface area (Å²) in [5, 5.41) is 3.69. The van der Waals surface area contributed by atoms with Crippen molar-refractivity contribution < 1.29 is 4.74 Å². The Labute approximate surface area is 132 Å². The first-order chi connectivity index (χ1) is 9.86. The summed E-state index contributed by atoms with van der Waals surface area (Å²) in [5.41, 5.74) is 0.828. The normalized spacial score (nSPS) is 38.0. The maximum atomic E-state index is 6.67. The molecule has 0 aromatic carbocycles. The van der Waals surface area contributed by atoms with E-state index in [2.05, 4.69) is 46.9 Å². The molecule has 0 radical (unpaired) electrons. The van der Waals surface area contributed by atoms with Gasteiger partial charge in [0.25, 0.3) is 0 Å². The van der Waals surface area contributed by atoms with Crippen LogP contribution in [0.25, 0.3) is 0 Å². The van der Waals surface area contributed by atoms with Crippen molar-refractivity contribution in [3.63, 3.8) is 0 Å². The second-order valence-electron chi connectivity index (χ2n) is 8.45. The Morgan fingerprint density at radius 3 is 2.24 bits per heavy atom. The van der Waals surface area contributed by atoms with Crippen LogP contribution in [-0.4, -0.2) is 24.8 Å². The first-order valence-electron chi connectivity index (χ1n) is 9.25. The molecule has 2 rings (SSSR count). The van der Waals surface area contributed by atoms with E-state index in [1.165, 1.54) is 38.5 Å². The SMILES string of the molecule is CCNC1CC(OC2CC(C)CC(C)(C)C2)C1(CC)CC. The summed E-state index contributed by atoms with van der Waals surface area (Å²) < 4.78 is 6.67. The number of rotatable bonds is 6. The van der Waals surface area contributed by atoms with Crippen LogP contribution in [0, 0.1) is 16.7 Å². The van der Waals surface area contributed by atoms with Gasteiger partial charge in [-0.3, -0.25) is 0 Å². The van der Waals surface area contributed by atoms with Gasteiger partial charge < -0.3 is 10.1 Å². The van der Waals surface area contributed by atoms with E-state index in [-0.39, 0.29) is 0 Å². The maximum Gasteiger partial charge on any atom is 0.0664 e. The minimum atomic E-state index is 0.376. The largest absolute Gasteiger partial charge is 0.374 e. The highest BCUT2D eigenvalue weighted by Gasteiger charge is 2.54. The molecule has 0 aromatic rings. The Hall–Kier alpha value is -0.0800. The van der Waals surface area contributed by atoms with E-state index in [1.54, 1.807) is 0 Å².